The van der Waals surface area contributed by atoms with Crippen LogP contribution in [-0.4, -0.2) is 65.1 Å². The Kier molecular flexibility index (Phi) is 6.14. The van der Waals surface area contributed by atoms with E-state index in [1.807, 2.05) is 12.3 Å². The predicted octanol–water partition coefficient (Wildman–Crippen LogP) is 3.36. The van der Waals surface area contributed by atoms with Gasteiger partial charge in [0.15, 0.2) is 0 Å². The largest absolute Gasteiger partial charge is 0.338 e. The van der Waals surface area contributed by atoms with Crippen LogP contribution >= 0.6 is 0 Å². The Labute approximate surface area is 183 Å². The van der Waals surface area contributed by atoms with Gasteiger partial charge in [-0.05, 0) is 36.5 Å². The molecule has 2 aromatic rings. The predicted molar refractivity (Wildman–Crippen MR) is 117 cm³/mol. The summed E-state index contributed by atoms with van der Waals surface area (Å²) in [5.74, 6) is 0.399. The fraction of sp³-hybridized carbons (Fsp3) is 0.583. The number of nitrogens with zero attached hydrogens (tertiary/aromatic N) is 5. The van der Waals surface area contributed by atoms with Crippen LogP contribution in [-0.2, 0) is 26.1 Å². The normalized spacial score (nSPS) is 20.9. The number of piperazine rings is 1. The third-order valence-electron chi connectivity index (χ3n) is 7.24. The third kappa shape index (κ3) is 4.44. The first-order valence-corrected chi connectivity index (χ1v) is 11.6. The van der Waals surface area contributed by atoms with Gasteiger partial charge in [0.05, 0.1) is 5.69 Å². The second-order valence-electron chi connectivity index (χ2n) is 9.04. The van der Waals surface area contributed by atoms with Gasteiger partial charge >= 0.3 is 0 Å². The van der Waals surface area contributed by atoms with E-state index in [1.54, 1.807) is 6.07 Å². The number of halogens is 2. The molecule has 0 atom stereocenters. The van der Waals surface area contributed by atoms with Crippen molar-refractivity contribution in [3.05, 3.63) is 52.6 Å². The Hall–Kier alpha value is -2.12. The first-order valence-electron chi connectivity index (χ1n) is 11.6. The van der Waals surface area contributed by atoms with Gasteiger partial charge in [0, 0.05) is 70.0 Å². The summed E-state index contributed by atoms with van der Waals surface area (Å²) in [6.45, 7) is 5.67. The Morgan fingerprint density at radius 2 is 1.81 bits per heavy atom. The molecule has 2 fully saturated rings. The summed E-state index contributed by atoms with van der Waals surface area (Å²) >= 11 is 0. The van der Waals surface area contributed by atoms with Crippen LogP contribution in [0.4, 0.5) is 14.7 Å². The Morgan fingerprint density at radius 1 is 1.00 bits per heavy atom. The minimum absolute atomic E-state index is 0.187. The van der Waals surface area contributed by atoms with E-state index in [0.717, 1.165) is 75.4 Å². The maximum absolute atomic E-state index is 13.9. The van der Waals surface area contributed by atoms with Crippen LogP contribution < -0.4 is 4.90 Å². The SMILES string of the molecule is FCc1c(F)cccc1CN1CCc2cnc(N3CCN(C4CCC4)CC3)nc2CC1. The van der Waals surface area contributed by atoms with Crippen LogP contribution in [0.3, 0.4) is 0 Å². The van der Waals surface area contributed by atoms with Crippen molar-refractivity contribution >= 4 is 5.95 Å². The lowest BCUT2D eigenvalue weighted by Gasteiger charge is -2.43. The Balaban J connectivity index is 1.22. The number of hydrogen-bond acceptors (Lipinski definition) is 5. The fourth-order valence-corrected chi connectivity index (χ4v) is 5.00. The summed E-state index contributed by atoms with van der Waals surface area (Å²) in [5, 5.41) is 0. The second-order valence-corrected chi connectivity index (χ2v) is 9.04. The lowest BCUT2D eigenvalue weighted by Crippen LogP contribution is -2.52. The average molecular weight is 428 g/mol. The topological polar surface area (TPSA) is 35.5 Å². The quantitative estimate of drug-likeness (QED) is 0.731. The van der Waals surface area contributed by atoms with Gasteiger partial charge in [0.2, 0.25) is 5.95 Å². The fourth-order valence-electron chi connectivity index (χ4n) is 5.00. The van der Waals surface area contributed by atoms with Crippen LogP contribution in [0.15, 0.2) is 24.4 Å². The lowest BCUT2D eigenvalue weighted by atomic mass is 9.91. The molecule has 1 saturated carbocycles. The molecule has 0 radical (unpaired) electrons. The molecular weight excluding hydrogens is 396 g/mol. The minimum Gasteiger partial charge on any atom is -0.338 e. The van der Waals surface area contributed by atoms with Crippen LogP contribution in [0.1, 0.15) is 41.6 Å². The van der Waals surface area contributed by atoms with Crippen molar-refractivity contribution in [3.63, 3.8) is 0 Å². The van der Waals surface area contributed by atoms with E-state index in [2.05, 4.69) is 19.7 Å². The minimum atomic E-state index is -0.765. The van der Waals surface area contributed by atoms with E-state index in [1.165, 1.54) is 30.9 Å². The highest BCUT2D eigenvalue weighted by Crippen LogP contribution is 2.26. The first kappa shape index (κ1) is 20.8. The van der Waals surface area contributed by atoms with E-state index in [0.29, 0.717) is 6.54 Å². The van der Waals surface area contributed by atoms with Crippen molar-refractivity contribution in [1.82, 2.24) is 19.8 Å². The van der Waals surface area contributed by atoms with E-state index >= 15 is 0 Å². The van der Waals surface area contributed by atoms with Gasteiger partial charge in [-0.2, -0.15) is 0 Å². The molecule has 7 heteroatoms. The first-order chi connectivity index (χ1) is 15.2. The van der Waals surface area contributed by atoms with Crippen LogP contribution in [0.25, 0.3) is 0 Å². The van der Waals surface area contributed by atoms with Crippen LogP contribution in [0, 0.1) is 5.82 Å². The van der Waals surface area contributed by atoms with Gasteiger partial charge < -0.3 is 4.90 Å². The highest BCUT2D eigenvalue weighted by Gasteiger charge is 2.29. The number of rotatable bonds is 5. The number of benzene rings is 1. The molecule has 3 heterocycles. The molecule has 0 spiro atoms. The summed E-state index contributed by atoms with van der Waals surface area (Å²) in [6, 6.07) is 5.63. The zero-order valence-electron chi connectivity index (χ0n) is 18.1. The highest BCUT2D eigenvalue weighted by atomic mass is 19.1. The van der Waals surface area contributed by atoms with E-state index in [4.69, 9.17) is 4.98 Å². The van der Waals surface area contributed by atoms with E-state index in [9.17, 15) is 8.78 Å². The molecule has 2 aliphatic heterocycles. The molecule has 0 unspecified atom stereocenters. The number of fused-ring (bicyclic) bond motifs is 1. The summed E-state index contributed by atoms with van der Waals surface area (Å²) in [6.07, 6.45) is 7.79. The highest BCUT2D eigenvalue weighted by molar-refractivity contribution is 5.35. The van der Waals surface area contributed by atoms with Gasteiger partial charge in [-0.25, -0.2) is 18.7 Å². The summed E-state index contributed by atoms with van der Waals surface area (Å²) in [4.78, 5) is 16.8. The van der Waals surface area contributed by atoms with Gasteiger partial charge in [0.1, 0.15) is 12.5 Å². The van der Waals surface area contributed by atoms with Gasteiger partial charge in [-0.3, -0.25) is 9.80 Å². The number of anilines is 1. The van der Waals surface area contributed by atoms with E-state index < -0.39 is 12.5 Å². The van der Waals surface area contributed by atoms with Crippen molar-refractivity contribution in [3.8, 4) is 0 Å². The van der Waals surface area contributed by atoms with Crippen LogP contribution in [0.2, 0.25) is 0 Å². The molecule has 0 bridgehead atoms. The summed E-state index contributed by atoms with van der Waals surface area (Å²) in [5.41, 5.74) is 3.25. The lowest BCUT2D eigenvalue weighted by molar-refractivity contribution is 0.120. The molecule has 5 rings (SSSR count). The zero-order chi connectivity index (χ0) is 21.2. The number of alkyl halides is 1. The molecule has 31 heavy (non-hydrogen) atoms. The van der Waals surface area contributed by atoms with Gasteiger partial charge in [-0.15, -0.1) is 0 Å². The molecular formula is C24H31F2N5. The van der Waals surface area contributed by atoms with Crippen molar-refractivity contribution < 1.29 is 8.78 Å². The Bertz CT molecular complexity index is 909. The van der Waals surface area contributed by atoms with Crippen molar-refractivity contribution in [2.45, 2.75) is 51.4 Å². The number of aromatic nitrogens is 2. The smallest absolute Gasteiger partial charge is 0.225 e. The molecule has 1 aliphatic carbocycles. The van der Waals surface area contributed by atoms with Gasteiger partial charge in [-0.1, -0.05) is 18.6 Å². The monoisotopic (exact) mass is 427 g/mol. The molecule has 166 valence electrons. The maximum atomic E-state index is 13.9. The third-order valence-corrected chi connectivity index (χ3v) is 7.24. The molecule has 5 nitrogen and oxygen atoms in total. The molecule has 0 amide bonds. The zero-order valence-corrected chi connectivity index (χ0v) is 18.1. The van der Waals surface area contributed by atoms with Crippen LogP contribution in [0.5, 0.6) is 0 Å². The molecule has 1 aromatic heterocycles. The average Bonchev–Trinajstić information content (AvgIpc) is 2.95. The molecule has 0 N–H and O–H groups in total. The van der Waals surface area contributed by atoms with E-state index in [-0.39, 0.29) is 5.56 Å². The molecule has 1 saturated heterocycles. The van der Waals surface area contributed by atoms with Crippen molar-refractivity contribution in [2.24, 2.45) is 0 Å². The van der Waals surface area contributed by atoms with Crippen molar-refractivity contribution in [1.29, 1.82) is 0 Å². The van der Waals surface area contributed by atoms with Gasteiger partial charge in [0.25, 0.3) is 0 Å². The summed E-state index contributed by atoms with van der Waals surface area (Å²) in [7, 11) is 0. The summed E-state index contributed by atoms with van der Waals surface area (Å²) < 4.78 is 27.3. The maximum Gasteiger partial charge on any atom is 0.225 e. The molecule has 3 aliphatic rings. The standard InChI is InChI=1S/C24H31F2N5/c25-15-21-19(3-1-6-22(21)26)17-29-9-7-18-16-27-24(28-23(18)8-10-29)31-13-11-30(12-14-31)20-4-2-5-20/h1,3,6,16,20H,2,4-5,7-15,17H2. The molecule has 1 aromatic carbocycles. The van der Waals surface area contributed by atoms with Crippen molar-refractivity contribution in [2.75, 3.05) is 44.2 Å². The number of hydrogen-bond donors (Lipinski definition) is 0. The Morgan fingerprint density at radius 3 is 2.55 bits per heavy atom. The second kappa shape index (κ2) is 9.17.